The summed E-state index contributed by atoms with van der Waals surface area (Å²) >= 11 is 0. The molecule has 0 fully saturated rings. The van der Waals surface area contributed by atoms with Gasteiger partial charge in [-0.3, -0.25) is 0 Å². The van der Waals surface area contributed by atoms with Crippen molar-refractivity contribution in [3.8, 4) is 0 Å². The SMILES string of the molecule is CCCCCC[NH-].[Au+]. The Kier molecular flexibility index (Phi) is 15.3. The summed E-state index contributed by atoms with van der Waals surface area (Å²) in [5.41, 5.74) is 6.78. The standard InChI is InChI=1S/C6H14N.Au/c1-2-3-4-5-6-7;/h7H,2-6H2,1H3;/q-1;+1. The fourth-order valence-corrected chi connectivity index (χ4v) is 0.552. The molecule has 0 heterocycles. The molecule has 8 heavy (non-hydrogen) atoms. The average Bonchev–Trinajstić information content (AvgIpc) is 1.69. The second-order valence-corrected chi connectivity index (χ2v) is 1.81. The van der Waals surface area contributed by atoms with Crippen molar-refractivity contribution in [2.45, 2.75) is 32.6 Å². The molecule has 0 spiro atoms. The predicted molar refractivity (Wildman–Crippen MR) is 33.3 cm³/mol. The summed E-state index contributed by atoms with van der Waals surface area (Å²) < 4.78 is 0. The molecule has 0 aromatic heterocycles. The third kappa shape index (κ3) is 9.85. The molecule has 0 aromatic carbocycles. The molecule has 0 aromatic rings. The molecule has 0 saturated carbocycles. The molecule has 0 atom stereocenters. The van der Waals surface area contributed by atoms with E-state index in [1.165, 1.54) is 19.3 Å². The molecule has 0 bridgehead atoms. The van der Waals surface area contributed by atoms with E-state index in [0.717, 1.165) is 6.42 Å². The summed E-state index contributed by atoms with van der Waals surface area (Å²) in [5.74, 6) is 0. The largest absolute Gasteiger partial charge is 1.00 e. The van der Waals surface area contributed by atoms with Crippen LogP contribution >= 0.6 is 0 Å². The van der Waals surface area contributed by atoms with Crippen LogP contribution in [0, 0.1) is 0 Å². The molecular formula is C6H14AuN. The van der Waals surface area contributed by atoms with Gasteiger partial charge in [-0.25, -0.2) is 0 Å². The topological polar surface area (TPSA) is 23.8 Å². The molecule has 0 rings (SSSR count). The van der Waals surface area contributed by atoms with Crippen LogP contribution in [-0.2, 0) is 22.4 Å². The molecule has 0 aliphatic rings. The van der Waals surface area contributed by atoms with Crippen molar-refractivity contribution in [1.82, 2.24) is 0 Å². The van der Waals surface area contributed by atoms with Crippen molar-refractivity contribution < 1.29 is 22.4 Å². The van der Waals surface area contributed by atoms with Gasteiger partial charge in [0.2, 0.25) is 0 Å². The summed E-state index contributed by atoms with van der Waals surface area (Å²) in [4.78, 5) is 0. The van der Waals surface area contributed by atoms with E-state index < -0.39 is 0 Å². The van der Waals surface area contributed by atoms with Crippen molar-refractivity contribution >= 4 is 0 Å². The maximum absolute atomic E-state index is 6.78. The minimum absolute atomic E-state index is 0. The van der Waals surface area contributed by atoms with Gasteiger partial charge in [-0.15, -0.1) is 0 Å². The third-order valence-electron chi connectivity index (χ3n) is 1.03. The van der Waals surface area contributed by atoms with Gasteiger partial charge in [-0.05, 0) is 0 Å². The summed E-state index contributed by atoms with van der Waals surface area (Å²) in [6.07, 6.45) is 4.92. The first-order chi connectivity index (χ1) is 3.41. The van der Waals surface area contributed by atoms with Gasteiger partial charge < -0.3 is 5.73 Å². The van der Waals surface area contributed by atoms with E-state index in [9.17, 15) is 0 Å². The maximum Gasteiger partial charge on any atom is 1.00 e. The van der Waals surface area contributed by atoms with Crippen LogP contribution in [-0.4, -0.2) is 6.54 Å². The van der Waals surface area contributed by atoms with E-state index in [0.29, 0.717) is 6.54 Å². The minimum atomic E-state index is 0. The Morgan fingerprint density at radius 2 is 1.75 bits per heavy atom. The molecule has 1 nitrogen and oxygen atoms in total. The fourth-order valence-electron chi connectivity index (χ4n) is 0.552. The van der Waals surface area contributed by atoms with Crippen molar-refractivity contribution in [2.75, 3.05) is 6.54 Å². The van der Waals surface area contributed by atoms with Gasteiger partial charge in [0.1, 0.15) is 0 Å². The van der Waals surface area contributed by atoms with Crippen molar-refractivity contribution in [2.24, 2.45) is 0 Å². The zero-order valence-electron chi connectivity index (χ0n) is 5.34. The van der Waals surface area contributed by atoms with Crippen LogP contribution < -0.4 is 0 Å². The Morgan fingerprint density at radius 1 is 1.12 bits per heavy atom. The van der Waals surface area contributed by atoms with Crippen LogP contribution in [0.2, 0.25) is 0 Å². The van der Waals surface area contributed by atoms with Crippen molar-refractivity contribution in [1.29, 1.82) is 0 Å². The van der Waals surface area contributed by atoms with Crippen LogP contribution in [0.3, 0.4) is 0 Å². The zero-order chi connectivity index (χ0) is 5.54. The molecule has 2 heteroatoms. The molecule has 0 amide bonds. The molecule has 0 unspecified atom stereocenters. The fraction of sp³-hybridized carbons (Fsp3) is 1.00. The van der Waals surface area contributed by atoms with Crippen LogP contribution in [0.5, 0.6) is 0 Å². The number of rotatable bonds is 4. The Balaban J connectivity index is 0. The molecule has 1 N–H and O–H groups in total. The third-order valence-corrected chi connectivity index (χ3v) is 1.03. The number of hydrogen-bond acceptors (Lipinski definition) is 0. The number of unbranched alkanes of at least 4 members (excludes halogenated alkanes) is 3. The van der Waals surface area contributed by atoms with E-state index >= 15 is 0 Å². The molecule has 54 valence electrons. The van der Waals surface area contributed by atoms with E-state index in [1.807, 2.05) is 0 Å². The second kappa shape index (κ2) is 10.6. The monoisotopic (exact) mass is 297 g/mol. The Bertz CT molecular complexity index is 27.7. The van der Waals surface area contributed by atoms with Crippen molar-refractivity contribution in [3.05, 3.63) is 5.73 Å². The molecular weight excluding hydrogens is 283 g/mol. The van der Waals surface area contributed by atoms with Crippen LogP contribution in [0.1, 0.15) is 32.6 Å². The smallest absolute Gasteiger partial charge is 0.677 e. The molecule has 0 aliphatic carbocycles. The normalized spacial score (nSPS) is 8.25. The summed E-state index contributed by atoms with van der Waals surface area (Å²) in [5, 5.41) is 0. The van der Waals surface area contributed by atoms with Crippen LogP contribution in [0.25, 0.3) is 5.73 Å². The van der Waals surface area contributed by atoms with Gasteiger partial charge in [-0.1, -0.05) is 32.6 Å². The van der Waals surface area contributed by atoms with Gasteiger partial charge in [-0.2, -0.15) is 6.54 Å². The second-order valence-electron chi connectivity index (χ2n) is 1.81. The molecule has 0 saturated heterocycles. The Morgan fingerprint density at radius 3 is 2.12 bits per heavy atom. The quantitative estimate of drug-likeness (QED) is 0.563. The summed E-state index contributed by atoms with van der Waals surface area (Å²) in [6, 6.07) is 0. The molecule has 0 radical (unpaired) electrons. The van der Waals surface area contributed by atoms with E-state index in [1.54, 1.807) is 0 Å². The number of nitrogens with one attached hydrogen (secondary N) is 1. The maximum atomic E-state index is 6.78. The first kappa shape index (κ1) is 11.5. The van der Waals surface area contributed by atoms with E-state index in [-0.39, 0.29) is 22.4 Å². The summed E-state index contributed by atoms with van der Waals surface area (Å²) in [6.45, 7) is 2.80. The van der Waals surface area contributed by atoms with E-state index in [4.69, 9.17) is 5.73 Å². The van der Waals surface area contributed by atoms with Crippen LogP contribution in [0.4, 0.5) is 0 Å². The van der Waals surface area contributed by atoms with Gasteiger partial charge in [0.05, 0.1) is 0 Å². The molecule has 0 aliphatic heterocycles. The van der Waals surface area contributed by atoms with Gasteiger partial charge in [0.15, 0.2) is 0 Å². The van der Waals surface area contributed by atoms with Crippen LogP contribution in [0.15, 0.2) is 0 Å². The first-order valence-electron chi connectivity index (χ1n) is 3.06. The number of hydrogen-bond donors (Lipinski definition) is 0. The Hall–Kier alpha value is 0.700. The van der Waals surface area contributed by atoms with Gasteiger partial charge in [0.25, 0.3) is 0 Å². The first-order valence-corrected chi connectivity index (χ1v) is 3.06. The average molecular weight is 297 g/mol. The summed E-state index contributed by atoms with van der Waals surface area (Å²) in [7, 11) is 0. The zero-order valence-corrected chi connectivity index (χ0v) is 7.50. The Labute approximate surface area is 67.5 Å². The predicted octanol–water partition coefficient (Wildman–Crippen LogP) is 2.62. The van der Waals surface area contributed by atoms with Gasteiger partial charge >= 0.3 is 22.4 Å². The van der Waals surface area contributed by atoms with Crippen molar-refractivity contribution in [3.63, 3.8) is 0 Å². The van der Waals surface area contributed by atoms with Gasteiger partial charge in [0, 0.05) is 0 Å². The van der Waals surface area contributed by atoms with E-state index in [2.05, 4.69) is 6.92 Å². The minimum Gasteiger partial charge on any atom is -0.677 e.